The summed E-state index contributed by atoms with van der Waals surface area (Å²) in [5.74, 6) is 6.17. The van der Waals surface area contributed by atoms with Gasteiger partial charge in [-0.3, -0.25) is 0 Å². The second-order valence-electron chi connectivity index (χ2n) is 6.58. The van der Waals surface area contributed by atoms with Gasteiger partial charge in [-0.25, -0.2) is 9.18 Å². The van der Waals surface area contributed by atoms with Crippen molar-refractivity contribution in [2.45, 2.75) is 12.1 Å². The van der Waals surface area contributed by atoms with Gasteiger partial charge in [-0.2, -0.15) is 0 Å². The zero-order chi connectivity index (χ0) is 20.2. The first kappa shape index (κ1) is 18.6. The molecule has 0 saturated carbocycles. The van der Waals surface area contributed by atoms with Gasteiger partial charge in [0.25, 0.3) is 0 Å². The summed E-state index contributed by atoms with van der Waals surface area (Å²) in [5.41, 5.74) is 2.74. The highest BCUT2D eigenvalue weighted by molar-refractivity contribution is 5.71. The largest absolute Gasteiger partial charge is 0.497 e. The van der Waals surface area contributed by atoms with Gasteiger partial charge in [0.2, 0.25) is 0 Å². The number of hydrogen-bond donors (Lipinski definition) is 1. The molecule has 5 heteroatoms. The highest BCUT2D eigenvalue weighted by atomic mass is 19.1. The Labute approximate surface area is 168 Å². The number of halogens is 1. The number of amides is 1. The number of methoxy groups -OCH3 is 1. The summed E-state index contributed by atoms with van der Waals surface area (Å²) in [4.78, 5) is 12.0. The summed E-state index contributed by atoms with van der Waals surface area (Å²) in [5, 5.41) is 2.86. The van der Waals surface area contributed by atoms with E-state index in [0.717, 1.165) is 16.7 Å². The summed E-state index contributed by atoms with van der Waals surface area (Å²) in [6.45, 7) is 0. The van der Waals surface area contributed by atoms with Crippen molar-refractivity contribution in [2.24, 2.45) is 0 Å². The van der Waals surface area contributed by atoms with Crippen LogP contribution in [-0.2, 0) is 4.74 Å². The molecule has 0 aliphatic carbocycles. The normalized spacial score (nSPS) is 17.7. The van der Waals surface area contributed by atoms with Crippen molar-refractivity contribution < 1.29 is 18.7 Å². The minimum absolute atomic E-state index is 0.338. The van der Waals surface area contributed by atoms with E-state index >= 15 is 0 Å². The molecule has 4 rings (SSSR count). The van der Waals surface area contributed by atoms with Gasteiger partial charge >= 0.3 is 6.09 Å². The van der Waals surface area contributed by atoms with Crippen LogP contribution in [0.5, 0.6) is 5.75 Å². The third kappa shape index (κ3) is 4.07. The number of cyclic esters (lactones) is 1. The Balaban J connectivity index is 1.64. The molecule has 4 nitrogen and oxygen atoms in total. The second-order valence-corrected chi connectivity index (χ2v) is 6.58. The van der Waals surface area contributed by atoms with E-state index < -0.39 is 12.2 Å². The van der Waals surface area contributed by atoms with Crippen LogP contribution >= 0.6 is 0 Å². The summed E-state index contributed by atoms with van der Waals surface area (Å²) < 4.78 is 24.6. The van der Waals surface area contributed by atoms with E-state index in [2.05, 4.69) is 17.2 Å². The van der Waals surface area contributed by atoms with Crippen LogP contribution in [0.4, 0.5) is 9.18 Å². The molecule has 3 aromatic rings. The van der Waals surface area contributed by atoms with Gasteiger partial charge in [0.1, 0.15) is 11.6 Å². The third-order valence-electron chi connectivity index (χ3n) is 4.69. The van der Waals surface area contributed by atoms with Gasteiger partial charge in [-0.15, -0.1) is 0 Å². The van der Waals surface area contributed by atoms with Crippen molar-refractivity contribution in [3.63, 3.8) is 0 Å². The van der Waals surface area contributed by atoms with E-state index in [1.165, 1.54) is 6.07 Å². The molecule has 1 amide bonds. The topological polar surface area (TPSA) is 47.6 Å². The SMILES string of the molecule is COc1cccc(C2OC(=O)NC2c2cccc(C#Cc3ccccc3F)c2)c1. The summed E-state index contributed by atoms with van der Waals surface area (Å²) in [7, 11) is 1.59. The summed E-state index contributed by atoms with van der Waals surface area (Å²) in [6.07, 6.45) is -0.974. The van der Waals surface area contributed by atoms with Gasteiger partial charge in [-0.05, 0) is 47.5 Å². The van der Waals surface area contributed by atoms with E-state index in [0.29, 0.717) is 11.3 Å². The highest BCUT2D eigenvalue weighted by Crippen LogP contribution is 2.37. The maximum absolute atomic E-state index is 13.8. The predicted octanol–water partition coefficient (Wildman–Crippen LogP) is 4.76. The van der Waals surface area contributed by atoms with Crippen molar-refractivity contribution in [1.82, 2.24) is 5.32 Å². The number of hydrogen-bond acceptors (Lipinski definition) is 3. The number of alkyl carbamates (subject to hydrolysis) is 1. The minimum atomic E-state index is -0.493. The predicted molar refractivity (Wildman–Crippen MR) is 107 cm³/mol. The number of nitrogens with one attached hydrogen (secondary N) is 1. The fraction of sp³-hybridized carbons (Fsp3) is 0.125. The number of carbonyl (C=O) groups excluding carboxylic acids is 1. The van der Waals surface area contributed by atoms with Gasteiger partial charge in [0.05, 0.1) is 18.7 Å². The zero-order valence-electron chi connectivity index (χ0n) is 15.7. The minimum Gasteiger partial charge on any atom is -0.497 e. The van der Waals surface area contributed by atoms with Crippen LogP contribution in [0.1, 0.15) is 34.4 Å². The standard InChI is InChI=1S/C24H18FNO3/c1-28-20-10-5-9-19(15-20)23-22(26-24(27)29-23)18-8-4-6-16(14-18)12-13-17-7-2-3-11-21(17)25/h2-11,14-15,22-23H,1H3,(H,26,27). The Morgan fingerprint density at radius 3 is 2.59 bits per heavy atom. The molecule has 144 valence electrons. The van der Waals surface area contributed by atoms with Gasteiger partial charge in [0.15, 0.2) is 6.10 Å². The maximum atomic E-state index is 13.8. The fourth-order valence-corrected chi connectivity index (χ4v) is 3.27. The molecular formula is C24H18FNO3. The molecule has 29 heavy (non-hydrogen) atoms. The van der Waals surface area contributed by atoms with E-state index in [4.69, 9.17) is 9.47 Å². The van der Waals surface area contributed by atoms with Crippen LogP contribution in [0.2, 0.25) is 0 Å². The van der Waals surface area contributed by atoms with E-state index in [1.54, 1.807) is 25.3 Å². The van der Waals surface area contributed by atoms with Crippen LogP contribution in [-0.4, -0.2) is 13.2 Å². The van der Waals surface area contributed by atoms with Gasteiger partial charge in [0, 0.05) is 5.56 Å². The molecule has 1 aliphatic rings. The van der Waals surface area contributed by atoms with Crippen LogP contribution in [0.3, 0.4) is 0 Å². The molecule has 1 aliphatic heterocycles. The van der Waals surface area contributed by atoms with Gasteiger partial charge in [-0.1, -0.05) is 48.2 Å². The van der Waals surface area contributed by atoms with Crippen molar-refractivity contribution in [1.29, 1.82) is 0 Å². The van der Waals surface area contributed by atoms with Gasteiger partial charge < -0.3 is 14.8 Å². The van der Waals surface area contributed by atoms with Crippen LogP contribution in [0.25, 0.3) is 0 Å². The molecule has 1 heterocycles. The third-order valence-corrected chi connectivity index (χ3v) is 4.69. The Hall–Kier alpha value is -3.78. The molecule has 0 spiro atoms. The van der Waals surface area contributed by atoms with E-state index in [9.17, 15) is 9.18 Å². The maximum Gasteiger partial charge on any atom is 0.408 e. The molecule has 1 N–H and O–H groups in total. The number of rotatable bonds is 3. The molecule has 3 aromatic carbocycles. The van der Waals surface area contributed by atoms with Crippen molar-refractivity contribution >= 4 is 6.09 Å². The average Bonchev–Trinajstić information content (AvgIpc) is 3.15. The second kappa shape index (κ2) is 8.07. The number of benzene rings is 3. The van der Waals surface area contributed by atoms with Crippen LogP contribution < -0.4 is 10.1 Å². The Bertz CT molecular complexity index is 1120. The molecule has 2 unspecified atom stereocenters. The fourth-order valence-electron chi connectivity index (χ4n) is 3.27. The lowest BCUT2D eigenvalue weighted by molar-refractivity contribution is 0.132. The molecule has 0 aromatic heterocycles. The molecule has 0 radical (unpaired) electrons. The first-order valence-electron chi connectivity index (χ1n) is 9.11. The summed E-state index contributed by atoms with van der Waals surface area (Å²) >= 11 is 0. The lowest BCUT2D eigenvalue weighted by atomic mass is 9.95. The molecule has 1 saturated heterocycles. The molecule has 1 fully saturated rings. The Morgan fingerprint density at radius 1 is 0.966 bits per heavy atom. The number of ether oxygens (including phenoxy) is 2. The molecule has 2 atom stereocenters. The van der Waals surface area contributed by atoms with Crippen molar-refractivity contribution in [3.8, 4) is 17.6 Å². The van der Waals surface area contributed by atoms with E-state index in [1.807, 2.05) is 48.5 Å². The monoisotopic (exact) mass is 387 g/mol. The van der Waals surface area contributed by atoms with Crippen LogP contribution in [0.15, 0.2) is 72.8 Å². The highest BCUT2D eigenvalue weighted by Gasteiger charge is 2.36. The average molecular weight is 387 g/mol. The lowest BCUT2D eigenvalue weighted by Crippen LogP contribution is -2.19. The van der Waals surface area contributed by atoms with E-state index in [-0.39, 0.29) is 11.9 Å². The Kier molecular flexibility index (Phi) is 5.17. The molecular weight excluding hydrogens is 369 g/mol. The quantitative estimate of drug-likeness (QED) is 0.660. The van der Waals surface area contributed by atoms with Crippen molar-refractivity contribution in [2.75, 3.05) is 7.11 Å². The zero-order valence-corrected chi connectivity index (χ0v) is 15.7. The molecule has 0 bridgehead atoms. The lowest BCUT2D eigenvalue weighted by Gasteiger charge is -2.18. The van der Waals surface area contributed by atoms with Crippen molar-refractivity contribution in [3.05, 3.63) is 101 Å². The summed E-state index contributed by atoms with van der Waals surface area (Å²) in [6, 6.07) is 20.9. The smallest absolute Gasteiger partial charge is 0.408 e. The number of carbonyl (C=O) groups is 1. The Morgan fingerprint density at radius 2 is 1.76 bits per heavy atom. The first-order valence-corrected chi connectivity index (χ1v) is 9.11. The van der Waals surface area contributed by atoms with Crippen LogP contribution in [0, 0.1) is 17.7 Å². The first-order chi connectivity index (χ1) is 14.1.